The fourth-order valence-electron chi connectivity index (χ4n) is 3.17. The minimum Gasteiger partial charge on any atom is -0.345 e. The van der Waals surface area contributed by atoms with Crippen LogP contribution < -0.4 is 4.90 Å². The number of rotatable bonds is 3. The van der Waals surface area contributed by atoms with E-state index < -0.39 is 0 Å². The number of benzene rings is 1. The lowest BCUT2D eigenvalue weighted by Crippen LogP contribution is -2.48. The van der Waals surface area contributed by atoms with Crippen LogP contribution in [0.15, 0.2) is 24.3 Å². The number of anilines is 1. The van der Waals surface area contributed by atoms with Crippen molar-refractivity contribution in [3.63, 3.8) is 0 Å². The SMILES string of the molecule is CCc1cccc2sc(N3CCN(C(=O)c4cc(Cl)sc4Cl)CC3)nc12. The molecule has 1 saturated heterocycles. The number of nitrogens with zero attached hydrogens (tertiary/aromatic N) is 3. The number of fused-ring (bicyclic) bond motifs is 1. The summed E-state index contributed by atoms with van der Waals surface area (Å²) in [5.41, 5.74) is 2.89. The fourth-order valence-corrected chi connectivity index (χ4v) is 5.68. The fraction of sp³-hybridized carbons (Fsp3) is 0.333. The van der Waals surface area contributed by atoms with Gasteiger partial charge in [0, 0.05) is 26.2 Å². The second kappa shape index (κ2) is 7.35. The number of para-hydroxylation sites is 1. The summed E-state index contributed by atoms with van der Waals surface area (Å²) < 4.78 is 2.22. The van der Waals surface area contributed by atoms with E-state index in [9.17, 15) is 4.79 Å². The first-order chi connectivity index (χ1) is 12.6. The van der Waals surface area contributed by atoms with E-state index in [0.29, 0.717) is 27.3 Å². The third-order valence-electron chi connectivity index (χ3n) is 4.60. The molecule has 26 heavy (non-hydrogen) atoms. The third kappa shape index (κ3) is 3.31. The minimum absolute atomic E-state index is 0.0460. The van der Waals surface area contributed by atoms with Gasteiger partial charge >= 0.3 is 0 Å². The first kappa shape index (κ1) is 18.0. The standard InChI is InChI=1S/C18H17Cl2N3OS2/c1-2-11-4-3-5-13-15(11)21-18(25-13)23-8-6-22(7-9-23)17(24)12-10-14(19)26-16(12)20/h3-5,10H,2,6-9H2,1H3. The molecule has 1 aromatic carbocycles. The van der Waals surface area contributed by atoms with E-state index in [1.807, 2.05) is 4.90 Å². The van der Waals surface area contributed by atoms with E-state index in [4.69, 9.17) is 28.2 Å². The van der Waals surface area contributed by atoms with Crippen molar-refractivity contribution in [1.29, 1.82) is 0 Å². The van der Waals surface area contributed by atoms with Crippen LogP contribution >= 0.6 is 45.9 Å². The highest BCUT2D eigenvalue weighted by Gasteiger charge is 2.26. The molecule has 4 nitrogen and oxygen atoms in total. The maximum absolute atomic E-state index is 12.7. The molecule has 0 spiro atoms. The van der Waals surface area contributed by atoms with Gasteiger partial charge < -0.3 is 9.80 Å². The molecule has 1 aliphatic heterocycles. The van der Waals surface area contributed by atoms with E-state index in [1.54, 1.807) is 17.4 Å². The number of aryl methyl sites for hydroxylation is 1. The zero-order valence-electron chi connectivity index (χ0n) is 14.2. The molecule has 1 fully saturated rings. The summed E-state index contributed by atoms with van der Waals surface area (Å²) in [4.78, 5) is 21.6. The molecule has 0 radical (unpaired) electrons. The van der Waals surface area contributed by atoms with Gasteiger partial charge in [0.2, 0.25) is 0 Å². The zero-order valence-corrected chi connectivity index (χ0v) is 17.3. The molecule has 0 N–H and O–H groups in total. The lowest BCUT2D eigenvalue weighted by molar-refractivity contribution is 0.0747. The van der Waals surface area contributed by atoms with E-state index in [-0.39, 0.29) is 5.91 Å². The average molecular weight is 426 g/mol. The van der Waals surface area contributed by atoms with Gasteiger partial charge in [-0.3, -0.25) is 4.79 Å². The highest BCUT2D eigenvalue weighted by Crippen LogP contribution is 2.33. The Morgan fingerprint density at radius 3 is 2.62 bits per heavy atom. The minimum atomic E-state index is -0.0460. The monoisotopic (exact) mass is 425 g/mol. The van der Waals surface area contributed by atoms with Crippen LogP contribution in [0.2, 0.25) is 8.67 Å². The van der Waals surface area contributed by atoms with Crippen LogP contribution in [0.25, 0.3) is 10.2 Å². The normalized spacial score (nSPS) is 15.0. The van der Waals surface area contributed by atoms with Gasteiger partial charge in [-0.05, 0) is 24.1 Å². The number of aromatic nitrogens is 1. The summed E-state index contributed by atoms with van der Waals surface area (Å²) in [6, 6.07) is 8.01. The number of thiophene rings is 1. The number of carbonyl (C=O) groups excluding carboxylic acids is 1. The van der Waals surface area contributed by atoms with Crippen LogP contribution in [0.3, 0.4) is 0 Å². The van der Waals surface area contributed by atoms with Crippen LogP contribution in [0.4, 0.5) is 5.13 Å². The largest absolute Gasteiger partial charge is 0.345 e. The van der Waals surface area contributed by atoms with Crippen molar-refractivity contribution in [1.82, 2.24) is 9.88 Å². The Labute approximate surface area is 170 Å². The van der Waals surface area contributed by atoms with Crippen LogP contribution in [-0.4, -0.2) is 42.0 Å². The number of thiazole rings is 1. The van der Waals surface area contributed by atoms with Gasteiger partial charge in [0.25, 0.3) is 5.91 Å². The van der Waals surface area contributed by atoms with E-state index in [2.05, 4.69) is 30.0 Å². The van der Waals surface area contributed by atoms with Gasteiger partial charge in [0.1, 0.15) is 4.34 Å². The van der Waals surface area contributed by atoms with Gasteiger partial charge in [-0.1, -0.05) is 53.6 Å². The average Bonchev–Trinajstić information content (AvgIpc) is 3.23. The number of piperazine rings is 1. The van der Waals surface area contributed by atoms with Crippen molar-refractivity contribution in [2.75, 3.05) is 31.1 Å². The Balaban J connectivity index is 1.48. The Morgan fingerprint density at radius 2 is 1.96 bits per heavy atom. The quantitative estimate of drug-likeness (QED) is 0.579. The number of halogens is 2. The molecule has 0 bridgehead atoms. The molecule has 3 heterocycles. The van der Waals surface area contributed by atoms with Crippen molar-refractivity contribution < 1.29 is 4.79 Å². The number of amides is 1. The molecular formula is C18H17Cl2N3OS2. The van der Waals surface area contributed by atoms with E-state index in [1.165, 1.54) is 21.6 Å². The second-order valence-electron chi connectivity index (χ2n) is 6.13. The van der Waals surface area contributed by atoms with Crippen molar-refractivity contribution in [2.24, 2.45) is 0 Å². The van der Waals surface area contributed by atoms with Crippen LogP contribution in [0.5, 0.6) is 0 Å². The predicted octanol–water partition coefficient (Wildman–Crippen LogP) is 5.19. The zero-order chi connectivity index (χ0) is 18.3. The Kier molecular flexibility index (Phi) is 5.10. The van der Waals surface area contributed by atoms with Crippen LogP contribution in [0, 0.1) is 0 Å². The van der Waals surface area contributed by atoms with Crippen molar-refractivity contribution in [3.05, 3.63) is 44.1 Å². The van der Waals surface area contributed by atoms with Crippen LogP contribution in [-0.2, 0) is 6.42 Å². The summed E-state index contributed by atoms with van der Waals surface area (Å²) in [7, 11) is 0. The predicted molar refractivity (Wildman–Crippen MR) is 111 cm³/mol. The molecule has 0 saturated carbocycles. The molecule has 3 aromatic rings. The molecule has 0 atom stereocenters. The summed E-state index contributed by atoms with van der Waals surface area (Å²) in [6.45, 7) is 4.99. The molecule has 1 aliphatic rings. The lowest BCUT2D eigenvalue weighted by Gasteiger charge is -2.34. The number of hydrogen-bond acceptors (Lipinski definition) is 5. The molecule has 0 aliphatic carbocycles. The maximum Gasteiger partial charge on any atom is 0.256 e. The second-order valence-corrected chi connectivity index (χ2v) is 9.43. The molecule has 8 heteroatoms. The molecular weight excluding hydrogens is 409 g/mol. The smallest absolute Gasteiger partial charge is 0.256 e. The van der Waals surface area contributed by atoms with Gasteiger partial charge in [-0.25, -0.2) is 4.98 Å². The van der Waals surface area contributed by atoms with Gasteiger partial charge in [-0.15, -0.1) is 11.3 Å². The topological polar surface area (TPSA) is 36.4 Å². The lowest BCUT2D eigenvalue weighted by atomic mass is 10.1. The Morgan fingerprint density at radius 1 is 1.19 bits per heavy atom. The van der Waals surface area contributed by atoms with E-state index >= 15 is 0 Å². The Bertz CT molecular complexity index is 961. The molecule has 136 valence electrons. The van der Waals surface area contributed by atoms with E-state index in [0.717, 1.165) is 30.2 Å². The highest BCUT2D eigenvalue weighted by atomic mass is 35.5. The van der Waals surface area contributed by atoms with Crippen molar-refractivity contribution in [2.45, 2.75) is 13.3 Å². The van der Waals surface area contributed by atoms with Crippen LogP contribution in [0.1, 0.15) is 22.8 Å². The Hall–Kier alpha value is -1.34. The summed E-state index contributed by atoms with van der Waals surface area (Å²) in [5.74, 6) is -0.0460. The van der Waals surface area contributed by atoms with Gasteiger partial charge in [-0.2, -0.15) is 0 Å². The summed E-state index contributed by atoms with van der Waals surface area (Å²) in [5, 5.41) is 1.03. The molecule has 2 aromatic heterocycles. The molecule has 4 rings (SSSR count). The van der Waals surface area contributed by atoms with Crippen molar-refractivity contribution >= 4 is 67.1 Å². The number of hydrogen-bond donors (Lipinski definition) is 0. The number of carbonyl (C=O) groups is 1. The summed E-state index contributed by atoms with van der Waals surface area (Å²) in [6.07, 6.45) is 0.979. The molecule has 0 unspecified atom stereocenters. The third-order valence-corrected chi connectivity index (χ3v) is 7.17. The van der Waals surface area contributed by atoms with Gasteiger partial charge in [0.15, 0.2) is 5.13 Å². The molecule has 1 amide bonds. The maximum atomic E-state index is 12.7. The van der Waals surface area contributed by atoms with Gasteiger partial charge in [0.05, 0.1) is 20.1 Å². The first-order valence-electron chi connectivity index (χ1n) is 8.44. The highest BCUT2D eigenvalue weighted by molar-refractivity contribution is 7.22. The summed E-state index contributed by atoms with van der Waals surface area (Å²) >= 11 is 15.0. The van der Waals surface area contributed by atoms with Crippen molar-refractivity contribution in [3.8, 4) is 0 Å². The first-order valence-corrected chi connectivity index (χ1v) is 10.8.